The first-order chi connectivity index (χ1) is 20.0. The Kier molecular flexibility index (Phi) is 8.30. The van der Waals surface area contributed by atoms with Crippen molar-refractivity contribution >= 4 is 17.5 Å². The molecule has 0 unspecified atom stereocenters. The molecule has 41 heavy (non-hydrogen) atoms. The molecule has 0 aliphatic rings. The Morgan fingerprint density at radius 3 is 2.17 bits per heavy atom. The molecule has 0 fully saturated rings. The average molecular weight is 547 g/mol. The Labute approximate surface area is 236 Å². The van der Waals surface area contributed by atoms with E-state index in [1.165, 1.54) is 6.07 Å². The molecule has 8 nitrogen and oxygen atoms in total. The molecular formula is C33H26N2O6. The summed E-state index contributed by atoms with van der Waals surface area (Å²) >= 11 is 0. The Bertz CT molecular complexity index is 1680. The third-order valence-corrected chi connectivity index (χ3v) is 6.24. The Morgan fingerprint density at radius 1 is 0.805 bits per heavy atom. The summed E-state index contributed by atoms with van der Waals surface area (Å²) in [6.45, 7) is 2.14. The highest BCUT2D eigenvalue weighted by Crippen LogP contribution is 2.23. The largest absolute Gasteiger partial charge is 0.487 e. The first-order valence-electron chi connectivity index (χ1n) is 12.8. The molecule has 1 heterocycles. The van der Waals surface area contributed by atoms with E-state index in [0.29, 0.717) is 34.2 Å². The number of aliphatic carboxylic acids is 1. The Morgan fingerprint density at radius 2 is 1.46 bits per heavy atom. The minimum Gasteiger partial charge on any atom is -0.487 e. The number of benzene rings is 4. The number of carboxylic acids is 1. The fraction of sp³-hybridized carbons (Fsp3) is 0.0909. The fourth-order valence-corrected chi connectivity index (χ4v) is 4.05. The lowest BCUT2D eigenvalue weighted by Gasteiger charge is -2.07. The minimum absolute atomic E-state index is 0.0442. The van der Waals surface area contributed by atoms with Crippen molar-refractivity contribution in [1.29, 1.82) is 0 Å². The zero-order chi connectivity index (χ0) is 28.6. The van der Waals surface area contributed by atoms with Gasteiger partial charge in [-0.05, 0) is 42.8 Å². The normalized spacial score (nSPS) is 11.2. The zero-order valence-electron chi connectivity index (χ0n) is 22.2. The molecule has 5 rings (SSSR count). The number of oxime groups is 1. The van der Waals surface area contributed by atoms with E-state index in [9.17, 15) is 14.7 Å². The average Bonchev–Trinajstić information content (AvgIpc) is 3.39. The number of ether oxygens (including phenoxy) is 1. The third kappa shape index (κ3) is 6.75. The van der Waals surface area contributed by atoms with Crippen LogP contribution in [-0.4, -0.2) is 27.6 Å². The maximum Gasteiger partial charge on any atom is 0.358 e. The molecule has 5 aromatic rings. The summed E-state index contributed by atoms with van der Waals surface area (Å²) in [6, 6.07) is 31.9. The van der Waals surface area contributed by atoms with Gasteiger partial charge < -0.3 is 19.1 Å². The van der Waals surface area contributed by atoms with Crippen molar-refractivity contribution < 1.29 is 28.7 Å². The fourth-order valence-electron chi connectivity index (χ4n) is 4.05. The van der Waals surface area contributed by atoms with Crippen LogP contribution in [0.4, 0.5) is 0 Å². The van der Waals surface area contributed by atoms with Crippen molar-refractivity contribution in [2.45, 2.75) is 20.1 Å². The number of aryl methyl sites for hydroxylation is 1. The topological polar surface area (TPSA) is 111 Å². The quantitative estimate of drug-likeness (QED) is 0.115. The lowest BCUT2D eigenvalue weighted by Crippen LogP contribution is -2.16. The van der Waals surface area contributed by atoms with Crippen LogP contribution in [0.2, 0.25) is 0 Å². The van der Waals surface area contributed by atoms with Crippen LogP contribution < -0.4 is 4.74 Å². The van der Waals surface area contributed by atoms with Gasteiger partial charge >= 0.3 is 5.97 Å². The van der Waals surface area contributed by atoms with Gasteiger partial charge in [-0.3, -0.25) is 4.79 Å². The van der Waals surface area contributed by atoms with Crippen LogP contribution in [0.3, 0.4) is 0 Å². The molecule has 0 spiro atoms. The van der Waals surface area contributed by atoms with Crippen molar-refractivity contribution in [1.82, 2.24) is 4.98 Å². The van der Waals surface area contributed by atoms with Crippen LogP contribution in [0.1, 0.15) is 38.5 Å². The van der Waals surface area contributed by atoms with Crippen LogP contribution >= 0.6 is 0 Å². The Hall–Kier alpha value is -5.50. The lowest BCUT2D eigenvalue weighted by molar-refractivity contribution is -0.129. The number of carboxylic acid groups (broad SMARTS) is 1. The van der Waals surface area contributed by atoms with E-state index >= 15 is 0 Å². The van der Waals surface area contributed by atoms with Crippen LogP contribution in [0.5, 0.6) is 5.75 Å². The zero-order valence-corrected chi connectivity index (χ0v) is 22.2. The summed E-state index contributed by atoms with van der Waals surface area (Å²) in [4.78, 5) is 34.6. The summed E-state index contributed by atoms with van der Waals surface area (Å²) in [7, 11) is 0. The van der Waals surface area contributed by atoms with Crippen molar-refractivity contribution in [3.8, 4) is 17.2 Å². The molecule has 0 saturated carbocycles. The predicted molar refractivity (Wildman–Crippen MR) is 153 cm³/mol. The van der Waals surface area contributed by atoms with Crippen molar-refractivity contribution in [3.05, 3.63) is 143 Å². The van der Waals surface area contributed by atoms with Crippen LogP contribution in [-0.2, 0) is 22.8 Å². The van der Waals surface area contributed by atoms with E-state index in [4.69, 9.17) is 14.0 Å². The number of hydrogen-bond donors (Lipinski definition) is 1. The van der Waals surface area contributed by atoms with E-state index in [0.717, 1.165) is 11.1 Å². The van der Waals surface area contributed by atoms with Gasteiger partial charge in [0.2, 0.25) is 5.89 Å². The first kappa shape index (κ1) is 27.1. The van der Waals surface area contributed by atoms with Gasteiger partial charge in [-0.15, -0.1) is 0 Å². The number of nitrogens with zero attached hydrogens (tertiary/aromatic N) is 2. The van der Waals surface area contributed by atoms with Crippen LogP contribution in [0.15, 0.2) is 119 Å². The molecule has 0 aliphatic heterocycles. The van der Waals surface area contributed by atoms with Gasteiger partial charge in [0.05, 0.1) is 0 Å². The number of carbonyl (C=O) groups excluding carboxylic acids is 1. The maximum atomic E-state index is 12.8. The van der Waals surface area contributed by atoms with Gasteiger partial charge in [0.1, 0.15) is 30.4 Å². The van der Waals surface area contributed by atoms with E-state index in [1.807, 2.05) is 43.3 Å². The first-order valence-corrected chi connectivity index (χ1v) is 12.8. The second-order valence-electron chi connectivity index (χ2n) is 9.11. The second-order valence-corrected chi connectivity index (χ2v) is 9.11. The molecule has 0 radical (unpaired) electrons. The molecule has 0 amide bonds. The van der Waals surface area contributed by atoms with Gasteiger partial charge in [-0.2, -0.15) is 0 Å². The minimum atomic E-state index is -1.27. The number of rotatable bonds is 11. The summed E-state index contributed by atoms with van der Waals surface area (Å²) in [6.07, 6.45) is 0. The van der Waals surface area contributed by atoms with Crippen molar-refractivity contribution in [2.75, 3.05) is 0 Å². The number of hydrogen-bond acceptors (Lipinski definition) is 7. The summed E-state index contributed by atoms with van der Waals surface area (Å²) in [5.41, 5.74) is 3.20. The van der Waals surface area contributed by atoms with Crippen molar-refractivity contribution in [3.63, 3.8) is 0 Å². The molecule has 0 bridgehead atoms. The lowest BCUT2D eigenvalue weighted by atomic mass is 10.00. The molecule has 1 aromatic heterocycles. The van der Waals surface area contributed by atoms with E-state index in [2.05, 4.69) is 10.1 Å². The number of aromatic nitrogens is 1. The number of carbonyl (C=O) groups is 2. The summed E-state index contributed by atoms with van der Waals surface area (Å²) in [5.74, 6) is 0.389. The SMILES string of the molecule is Cc1oc(-c2ccccc2)nc1COc1ccc(CON=C(C(=O)O)c2cccc(C(=O)c3ccccc3)c2)cc1. The maximum absolute atomic E-state index is 12.8. The highest BCUT2D eigenvalue weighted by Gasteiger charge is 2.17. The second kappa shape index (κ2) is 12.6. The molecule has 8 heteroatoms. The molecular weight excluding hydrogens is 520 g/mol. The van der Waals surface area contributed by atoms with Gasteiger partial charge in [0.15, 0.2) is 11.5 Å². The highest BCUT2D eigenvalue weighted by molar-refractivity contribution is 6.42. The smallest absolute Gasteiger partial charge is 0.358 e. The Balaban J connectivity index is 1.20. The molecule has 1 N–H and O–H groups in total. The number of ketones is 1. The molecule has 4 aromatic carbocycles. The highest BCUT2D eigenvalue weighted by atomic mass is 16.6. The monoisotopic (exact) mass is 546 g/mol. The summed E-state index contributed by atoms with van der Waals surface area (Å²) in [5, 5.41) is 13.6. The number of oxazole rings is 1. The van der Waals surface area contributed by atoms with Gasteiger partial charge in [-0.1, -0.05) is 84.0 Å². The van der Waals surface area contributed by atoms with Crippen LogP contribution in [0, 0.1) is 6.92 Å². The summed E-state index contributed by atoms with van der Waals surface area (Å²) < 4.78 is 11.7. The van der Waals surface area contributed by atoms with E-state index < -0.39 is 5.97 Å². The van der Waals surface area contributed by atoms with Crippen LogP contribution in [0.25, 0.3) is 11.5 Å². The van der Waals surface area contributed by atoms with Gasteiger partial charge in [0, 0.05) is 22.3 Å². The van der Waals surface area contributed by atoms with E-state index in [-0.39, 0.29) is 30.3 Å². The third-order valence-electron chi connectivity index (χ3n) is 6.24. The standard InChI is InChI=1S/C33H26N2O6/c1-22-29(34-32(41-22)25-11-6-3-7-12-25)21-39-28-17-15-23(16-18-28)20-40-35-30(33(37)38)26-13-8-14-27(19-26)31(36)24-9-4-2-5-10-24/h2-19H,20-21H2,1H3,(H,37,38). The molecule has 0 atom stereocenters. The van der Waals surface area contributed by atoms with E-state index in [1.54, 1.807) is 66.7 Å². The molecule has 0 saturated heterocycles. The molecule has 0 aliphatic carbocycles. The van der Waals surface area contributed by atoms with Gasteiger partial charge in [-0.25, -0.2) is 9.78 Å². The van der Waals surface area contributed by atoms with Gasteiger partial charge in [0.25, 0.3) is 0 Å². The predicted octanol–water partition coefficient (Wildman–Crippen LogP) is 6.47. The molecule has 204 valence electrons. The van der Waals surface area contributed by atoms with Crippen molar-refractivity contribution in [2.24, 2.45) is 5.16 Å².